The monoisotopic (exact) mass is 227 g/mol. The molecule has 0 amide bonds. The van der Waals surface area contributed by atoms with E-state index in [0.29, 0.717) is 5.41 Å². The normalized spacial score (nSPS) is 12.4. The first-order valence-electron chi connectivity index (χ1n) is 7.18. The van der Waals surface area contributed by atoms with Crippen molar-refractivity contribution in [3.05, 3.63) is 0 Å². The first-order valence-corrected chi connectivity index (χ1v) is 7.18. The van der Waals surface area contributed by atoms with Crippen molar-refractivity contribution >= 4 is 0 Å². The van der Waals surface area contributed by atoms with Crippen molar-refractivity contribution < 1.29 is 0 Å². The SMILES string of the molecule is CCCCCC(C)(C)CNCCCC(C)C. The minimum atomic E-state index is 0.479. The Morgan fingerprint density at radius 2 is 1.75 bits per heavy atom. The molecule has 0 aliphatic rings. The van der Waals surface area contributed by atoms with Gasteiger partial charge in [0.2, 0.25) is 0 Å². The van der Waals surface area contributed by atoms with E-state index >= 15 is 0 Å². The molecule has 0 unspecified atom stereocenters. The van der Waals surface area contributed by atoms with E-state index in [9.17, 15) is 0 Å². The number of unbranched alkanes of at least 4 members (excludes halogenated alkanes) is 2. The molecule has 0 fully saturated rings. The van der Waals surface area contributed by atoms with Crippen LogP contribution in [0.4, 0.5) is 0 Å². The maximum Gasteiger partial charge on any atom is 0.000252 e. The van der Waals surface area contributed by atoms with Gasteiger partial charge in [-0.3, -0.25) is 0 Å². The maximum atomic E-state index is 3.61. The van der Waals surface area contributed by atoms with E-state index in [1.54, 1.807) is 0 Å². The van der Waals surface area contributed by atoms with Crippen molar-refractivity contribution in [3.63, 3.8) is 0 Å². The van der Waals surface area contributed by atoms with Crippen LogP contribution in [-0.4, -0.2) is 13.1 Å². The van der Waals surface area contributed by atoms with Gasteiger partial charge in [0.15, 0.2) is 0 Å². The molecule has 98 valence electrons. The summed E-state index contributed by atoms with van der Waals surface area (Å²) in [4.78, 5) is 0. The molecule has 0 heterocycles. The molecule has 1 nitrogen and oxygen atoms in total. The second kappa shape index (κ2) is 9.04. The summed E-state index contributed by atoms with van der Waals surface area (Å²) in [6.07, 6.45) is 8.13. The summed E-state index contributed by atoms with van der Waals surface area (Å²) in [5.74, 6) is 0.847. The summed E-state index contributed by atoms with van der Waals surface area (Å²) in [5, 5.41) is 3.61. The van der Waals surface area contributed by atoms with Crippen LogP contribution in [0.2, 0.25) is 0 Å². The number of hydrogen-bond acceptors (Lipinski definition) is 1. The van der Waals surface area contributed by atoms with E-state index in [-0.39, 0.29) is 0 Å². The summed E-state index contributed by atoms with van der Waals surface area (Å²) >= 11 is 0. The maximum absolute atomic E-state index is 3.61. The molecule has 0 aromatic rings. The third-order valence-electron chi connectivity index (χ3n) is 3.20. The second-order valence-corrected chi connectivity index (χ2v) is 6.33. The lowest BCUT2D eigenvalue weighted by atomic mass is 9.87. The van der Waals surface area contributed by atoms with Gasteiger partial charge in [0.05, 0.1) is 0 Å². The molecule has 0 aliphatic heterocycles. The third kappa shape index (κ3) is 10.5. The van der Waals surface area contributed by atoms with Gasteiger partial charge in [-0.15, -0.1) is 0 Å². The quantitative estimate of drug-likeness (QED) is 0.537. The smallest absolute Gasteiger partial charge is 0.000252 e. The zero-order valence-electron chi connectivity index (χ0n) is 12.2. The fraction of sp³-hybridized carbons (Fsp3) is 1.00. The van der Waals surface area contributed by atoms with Crippen LogP contribution in [0.15, 0.2) is 0 Å². The van der Waals surface area contributed by atoms with Crippen molar-refractivity contribution in [1.82, 2.24) is 5.32 Å². The Morgan fingerprint density at radius 3 is 2.31 bits per heavy atom. The van der Waals surface area contributed by atoms with Crippen LogP contribution < -0.4 is 5.32 Å². The van der Waals surface area contributed by atoms with Crippen molar-refractivity contribution in [2.24, 2.45) is 11.3 Å². The summed E-state index contributed by atoms with van der Waals surface area (Å²) in [6.45, 7) is 14.0. The van der Waals surface area contributed by atoms with E-state index < -0.39 is 0 Å². The molecular weight excluding hydrogens is 194 g/mol. The van der Waals surface area contributed by atoms with E-state index in [2.05, 4.69) is 39.9 Å². The molecule has 0 radical (unpaired) electrons. The van der Waals surface area contributed by atoms with Crippen LogP contribution in [0.5, 0.6) is 0 Å². The predicted molar refractivity (Wildman–Crippen MR) is 74.9 cm³/mol. The number of hydrogen-bond donors (Lipinski definition) is 1. The largest absolute Gasteiger partial charge is 0.316 e. The van der Waals surface area contributed by atoms with E-state index in [4.69, 9.17) is 0 Å². The Labute approximate surface area is 103 Å². The van der Waals surface area contributed by atoms with Crippen LogP contribution in [-0.2, 0) is 0 Å². The summed E-state index contributed by atoms with van der Waals surface area (Å²) in [5.41, 5.74) is 0.479. The molecule has 0 spiro atoms. The first-order chi connectivity index (χ1) is 7.48. The zero-order chi connectivity index (χ0) is 12.4. The van der Waals surface area contributed by atoms with Gasteiger partial charge < -0.3 is 5.32 Å². The Bertz CT molecular complexity index is 150. The van der Waals surface area contributed by atoms with Crippen molar-refractivity contribution in [2.75, 3.05) is 13.1 Å². The molecule has 0 saturated carbocycles. The fourth-order valence-corrected chi connectivity index (χ4v) is 2.00. The lowest BCUT2D eigenvalue weighted by Crippen LogP contribution is -2.30. The van der Waals surface area contributed by atoms with E-state index in [1.165, 1.54) is 51.6 Å². The van der Waals surface area contributed by atoms with Crippen LogP contribution >= 0.6 is 0 Å². The Kier molecular flexibility index (Phi) is 9.02. The number of nitrogens with one attached hydrogen (secondary N) is 1. The molecule has 0 aromatic carbocycles. The van der Waals surface area contributed by atoms with Crippen LogP contribution in [0.25, 0.3) is 0 Å². The Morgan fingerprint density at radius 1 is 1.06 bits per heavy atom. The highest BCUT2D eigenvalue weighted by molar-refractivity contribution is 4.71. The topological polar surface area (TPSA) is 12.0 Å². The first kappa shape index (κ1) is 16.0. The molecule has 0 atom stereocenters. The van der Waals surface area contributed by atoms with Gasteiger partial charge in [0.25, 0.3) is 0 Å². The average Bonchev–Trinajstić information content (AvgIpc) is 2.16. The lowest BCUT2D eigenvalue weighted by molar-refractivity contribution is 0.301. The molecule has 0 rings (SSSR count). The zero-order valence-corrected chi connectivity index (χ0v) is 12.2. The Balaban J connectivity index is 3.42. The summed E-state index contributed by atoms with van der Waals surface area (Å²) in [7, 11) is 0. The molecule has 0 aromatic heterocycles. The van der Waals surface area contributed by atoms with Gasteiger partial charge in [0, 0.05) is 6.54 Å². The second-order valence-electron chi connectivity index (χ2n) is 6.33. The molecule has 0 bridgehead atoms. The van der Waals surface area contributed by atoms with Crippen molar-refractivity contribution in [1.29, 1.82) is 0 Å². The van der Waals surface area contributed by atoms with Gasteiger partial charge in [-0.25, -0.2) is 0 Å². The van der Waals surface area contributed by atoms with E-state index in [1.807, 2.05) is 0 Å². The van der Waals surface area contributed by atoms with Gasteiger partial charge in [-0.2, -0.15) is 0 Å². The fourth-order valence-electron chi connectivity index (χ4n) is 2.00. The molecule has 1 N–H and O–H groups in total. The molecule has 0 aliphatic carbocycles. The van der Waals surface area contributed by atoms with Crippen molar-refractivity contribution in [2.45, 2.75) is 73.1 Å². The van der Waals surface area contributed by atoms with E-state index in [0.717, 1.165) is 5.92 Å². The molecule has 16 heavy (non-hydrogen) atoms. The molecule has 0 saturated heterocycles. The van der Waals surface area contributed by atoms with Gasteiger partial charge in [-0.1, -0.05) is 53.9 Å². The summed E-state index contributed by atoms with van der Waals surface area (Å²) < 4.78 is 0. The summed E-state index contributed by atoms with van der Waals surface area (Å²) in [6, 6.07) is 0. The standard InChI is InChI=1S/C15H33N/c1-6-7-8-11-15(4,5)13-16-12-9-10-14(2)3/h14,16H,6-13H2,1-5H3. The molecule has 1 heteroatoms. The van der Waals surface area contributed by atoms with Gasteiger partial charge >= 0.3 is 0 Å². The highest BCUT2D eigenvalue weighted by atomic mass is 14.9. The highest BCUT2D eigenvalue weighted by Gasteiger charge is 2.16. The number of rotatable bonds is 10. The van der Waals surface area contributed by atoms with Gasteiger partial charge in [-0.05, 0) is 37.1 Å². The highest BCUT2D eigenvalue weighted by Crippen LogP contribution is 2.22. The van der Waals surface area contributed by atoms with Gasteiger partial charge in [0.1, 0.15) is 0 Å². The molecular formula is C15H33N. The third-order valence-corrected chi connectivity index (χ3v) is 3.20. The van der Waals surface area contributed by atoms with Crippen LogP contribution in [0, 0.1) is 11.3 Å². The lowest BCUT2D eigenvalue weighted by Gasteiger charge is -2.25. The Hall–Kier alpha value is -0.0400. The van der Waals surface area contributed by atoms with Crippen LogP contribution in [0.3, 0.4) is 0 Å². The van der Waals surface area contributed by atoms with Crippen LogP contribution in [0.1, 0.15) is 73.1 Å². The predicted octanol–water partition coefficient (Wildman–Crippen LogP) is 4.62. The van der Waals surface area contributed by atoms with Crippen molar-refractivity contribution in [3.8, 4) is 0 Å². The minimum Gasteiger partial charge on any atom is -0.316 e. The average molecular weight is 227 g/mol. The minimum absolute atomic E-state index is 0.479.